The maximum atomic E-state index is 6.70. The molecule has 0 saturated carbocycles. The second-order valence-electron chi connectivity index (χ2n) is 16.8. The topological polar surface area (TPSA) is 43.9 Å². The highest BCUT2D eigenvalue weighted by Crippen LogP contribution is 2.46. The molecule has 2 aliphatic rings. The van der Waals surface area contributed by atoms with E-state index in [9.17, 15) is 0 Å². The second-order valence-corrected chi connectivity index (χ2v) is 17.8. The Balaban J connectivity index is 1.05. The standard InChI is InChI=1S/C58H35N3OS/c1-2-14-35(15-3-1)45-33-48-54(42-20-9-8-19-41(42)45)53-40-18-7-6-16-36(40)27-29-47(53)61(48)39-28-30-49-46(32-39)52-44(22-12-23-50(52)62-49)58-59-55(38-26-25-34-13-4-5-17-37(34)31-38)57-56(60-58)43-21-10-11-24-51(43)63-57/h1-24,26-34H,25H2. The van der Waals surface area contributed by atoms with Crippen LogP contribution in [0.4, 0.5) is 0 Å². The molecular weight excluding hydrogens is 787 g/mol. The minimum absolute atomic E-state index is 0.398. The fourth-order valence-electron chi connectivity index (χ4n) is 10.4. The Morgan fingerprint density at radius 3 is 2.32 bits per heavy atom. The summed E-state index contributed by atoms with van der Waals surface area (Å²) in [5.74, 6) is 1.10. The van der Waals surface area contributed by atoms with Gasteiger partial charge in [0.1, 0.15) is 11.2 Å². The minimum Gasteiger partial charge on any atom is -0.456 e. The molecule has 0 bridgehead atoms. The Kier molecular flexibility index (Phi) is 7.36. The van der Waals surface area contributed by atoms with Gasteiger partial charge in [0, 0.05) is 48.8 Å². The first kappa shape index (κ1) is 34.8. The molecule has 0 spiro atoms. The zero-order valence-electron chi connectivity index (χ0n) is 33.9. The monoisotopic (exact) mass is 821 g/mol. The molecule has 14 rings (SSSR count). The van der Waals surface area contributed by atoms with E-state index in [0.29, 0.717) is 11.7 Å². The van der Waals surface area contributed by atoms with Crippen molar-refractivity contribution in [1.29, 1.82) is 0 Å². The van der Waals surface area contributed by atoms with E-state index in [-0.39, 0.29) is 0 Å². The van der Waals surface area contributed by atoms with Crippen molar-refractivity contribution in [2.75, 3.05) is 0 Å². The molecule has 5 heteroatoms. The Bertz CT molecular complexity index is 4060. The third kappa shape index (κ3) is 5.14. The summed E-state index contributed by atoms with van der Waals surface area (Å²) < 4.78 is 11.5. The number of nitrogens with zero attached hydrogens (tertiary/aromatic N) is 3. The van der Waals surface area contributed by atoms with E-state index >= 15 is 0 Å². The lowest BCUT2D eigenvalue weighted by Crippen LogP contribution is -2.06. The predicted molar refractivity (Wildman–Crippen MR) is 265 cm³/mol. The largest absolute Gasteiger partial charge is 0.456 e. The first-order valence-electron chi connectivity index (χ1n) is 21.6. The summed E-state index contributed by atoms with van der Waals surface area (Å²) >= 11 is 1.78. The summed E-state index contributed by atoms with van der Waals surface area (Å²) in [6.45, 7) is 0. The number of hydrogen-bond donors (Lipinski definition) is 0. The van der Waals surface area contributed by atoms with Crippen LogP contribution in [0.25, 0.3) is 119 Å². The first-order valence-corrected chi connectivity index (χ1v) is 22.4. The minimum atomic E-state index is 0.398. The fraction of sp³-hybridized carbons (Fsp3) is 0.0345. The highest BCUT2D eigenvalue weighted by Gasteiger charge is 2.25. The van der Waals surface area contributed by atoms with Crippen LogP contribution in [0, 0.1) is 5.92 Å². The van der Waals surface area contributed by atoms with Crippen LogP contribution in [0.5, 0.6) is 0 Å². The Hall–Kier alpha value is -7.86. The molecule has 0 radical (unpaired) electrons. The van der Waals surface area contributed by atoms with Crippen LogP contribution in [0.15, 0.2) is 204 Å². The quantitative estimate of drug-likeness (QED) is 0.178. The number of thiophene rings is 1. The van der Waals surface area contributed by atoms with Crippen LogP contribution in [0.1, 0.15) is 12.1 Å². The average Bonchev–Trinajstić information content (AvgIpc) is 4.03. The van der Waals surface area contributed by atoms with Crippen molar-refractivity contribution in [3.05, 3.63) is 205 Å². The van der Waals surface area contributed by atoms with Gasteiger partial charge in [-0.2, -0.15) is 0 Å². The van der Waals surface area contributed by atoms with Crippen molar-refractivity contribution in [3.63, 3.8) is 0 Å². The van der Waals surface area contributed by atoms with Gasteiger partial charge in [0.2, 0.25) is 0 Å². The molecule has 294 valence electrons. The van der Waals surface area contributed by atoms with Crippen molar-refractivity contribution in [3.8, 4) is 28.2 Å². The van der Waals surface area contributed by atoms with E-state index in [2.05, 4.69) is 199 Å². The molecule has 63 heavy (non-hydrogen) atoms. The highest BCUT2D eigenvalue weighted by atomic mass is 32.1. The van der Waals surface area contributed by atoms with E-state index in [0.717, 1.165) is 77.5 Å². The summed E-state index contributed by atoms with van der Waals surface area (Å²) in [7, 11) is 0. The van der Waals surface area contributed by atoms with Crippen molar-refractivity contribution in [1.82, 2.24) is 14.5 Å². The maximum absolute atomic E-state index is 6.70. The zero-order chi connectivity index (χ0) is 41.2. The van der Waals surface area contributed by atoms with E-state index in [1.54, 1.807) is 11.3 Å². The van der Waals surface area contributed by atoms with E-state index in [1.807, 2.05) is 0 Å². The third-order valence-corrected chi connectivity index (χ3v) is 14.5. The highest BCUT2D eigenvalue weighted by molar-refractivity contribution is 7.26. The molecule has 12 aromatic rings. The Morgan fingerprint density at radius 2 is 1.40 bits per heavy atom. The van der Waals surface area contributed by atoms with Gasteiger partial charge in [0.15, 0.2) is 5.82 Å². The van der Waals surface area contributed by atoms with Crippen molar-refractivity contribution < 1.29 is 4.42 Å². The van der Waals surface area contributed by atoms with Gasteiger partial charge < -0.3 is 8.98 Å². The number of benzene rings is 8. The first-order chi connectivity index (χ1) is 31.2. The van der Waals surface area contributed by atoms with Gasteiger partial charge in [0.25, 0.3) is 0 Å². The number of allylic oxidation sites excluding steroid dienone is 8. The Morgan fingerprint density at radius 1 is 0.587 bits per heavy atom. The van der Waals surface area contributed by atoms with Crippen molar-refractivity contribution >= 4 is 103 Å². The van der Waals surface area contributed by atoms with Gasteiger partial charge >= 0.3 is 0 Å². The van der Waals surface area contributed by atoms with Crippen LogP contribution in [-0.2, 0) is 0 Å². The van der Waals surface area contributed by atoms with Crippen LogP contribution in [-0.4, -0.2) is 14.5 Å². The zero-order valence-corrected chi connectivity index (χ0v) is 34.7. The lowest BCUT2D eigenvalue weighted by molar-refractivity contribution is 0.669. The molecule has 0 saturated heterocycles. The lowest BCUT2D eigenvalue weighted by Gasteiger charge is -2.21. The number of fused-ring (bicyclic) bond motifs is 14. The third-order valence-electron chi connectivity index (χ3n) is 13.3. The smallest absolute Gasteiger partial charge is 0.161 e. The van der Waals surface area contributed by atoms with Gasteiger partial charge in [-0.1, -0.05) is 146 Å². The molecule has 8 aromatic carbocycles. The lowest BCUT2D eigenvalue weighted by atomic mass is 9.85. The van der Waals surface area contributed by atoms with Crippen molar-refractivity contribution in [2.45, 2.75) is 6.42 Å². The van der Waals surface area contributed by atoms with Gasteiger partial charge in [0.05, 0.1) is 26.9 Å². The SMILES string of the molecule is C1=CC2=CC(c3nc(-c4cccc5oc6ccc(-n7c8ccc9ccccc9c8c8c9ccccc9c(-c9ccccc9)cc87)cc6c45)nc4c3sc3ccccc34)=CCC2C=C1. The predicted octanol–water partition coefficient (Wildman–Crippen LogP) is 15.9. The average molecular weight is 822 g/mol. The molecule has 4 nitrogen and oxygen atoms in total. The van der Waals surface area contributed by atoms with Crippen LogP contribution < -0.4 is 0 Å². The normalized spacial score (nSPS) is 15.1. The summed E-state index contributed by atoms with van der Waals surface area (Å²) in [5, 5.41) is 10.7. The summed E-state index contributed by atoms with van der Waals surface area (Å²) in [5.41, 5.74) is 12.8. The van der Waals surface area contributed by atoms with Crippen LogP contribution >= 0.6 is 11.3 Å². The Labute approximate surface area is 365 Å². The molecule has 1 atom stereocenters. The molecule has 1 unspecified atom stereocenters. The van der Waals surface area contributed by atoms with Crippen LogP contribution in [0.2, 0.25) is 0 Å². The van der Waals surface area contributed by atoms with Gasteiger partial charge in [-0.05, 0) is 98.8 Å². The van der Waals surface area contributed by atoms with Gasteiger partial charge in [-0.3, -0.25) is 0 Å². The van der Waals surface area contributed by atoms with Gasteiger partial charge in [-0.15, -0.1) is 11.3 Å². The molecule has 0 amide bonds. The van der Waals surface area contributed by atoms with E-state index < -0.39 is 0 Å². The summed E-state index contributed by atoms with van der Waals surface area (Å²) in [6, 6.07) is 56.9. The second kappa shape index (κ2) is 13.3. The summed E-state index contributed by atoms with van der Waals surface area (Å²) in [6.07, 6.45) is 14.5. The molecule has 0 aliphatic heterocycles. The number of furan rings is 1. The van der Waals surface area contributed by atoms with E-state index in [4.69, 9.17) is 14.4 Å². The number of rotatable bonds is 4. The fourth-order valence-corrected chi connectivity index (χ4v) is 11.6. The van der Waals surface area contributed by atoms with Gasteiger partial charge in [-0.25, -0.2) is 9.97 Å². The molecule has 0 N–H and O–H groups in total. The van der Waals surface area contributed by atoms with E-state index in [1.165, 1.54) is 53.7 Å². The molecule has 4 heterocycles. The molecule has 4 aromatic heterocycles. The number of aromatic nitrogens is 3. The molecular formula is C58H35N3OS. The summed E-state index contributed by atoms with van der Waals surface area (Å²) in [4.78, 5) is 10.9. The van der Waals surface area contributed by atoms with Crippen LogP contribution in [0.3, 0.4) is 0 Å². The molecule has 2 aliphatic carbocycles. The maximum Gasteiger partial charge on any atom is 0.161 e. The van der Waals surface area contributed by atoms with Crippen molar-refractivity contribution in [2.24, 2.45) is 5.92 Å². The molecule has 0 fully saturated rings. The number of hydrogen-bond acceptors (Lipinski definition) is 4.